The minimum absolute atomic E-state index is 0.0127. The molecule has 0 aliphatic heterocycles. The molecule has 0 aromatic heterocycles. The molecule has 2 aromatic carbocycles. The van der Waals surface area contributed by atoms with Crippen molar-refractivity contribution in [2.24, 2.45) is 0 Å². The number of hydrogen-bond acceptors (Lipinski definition) is 6. The number of carbonyl (C=O) groups excluding carboxylic acids is 1. The fraction of sp³-hybridized carbons (Fsp3) is 0.188. The first-order valence-corrected chi connectivity index (χ1v) is 8.54. The Morgan fingerprint density at radius 1 is 1.04 bits per heavy atom. The summed E-state index contributed by atoms with van der Waals surface area (Å²) in [5.74, 6) is -0.0112. The Labute approximate surface area is 145 Å². The van der Waals surface area contributed by atoms with Gasteiger partial charge in [-0.1, -0.05) is 23.7 Å². The van der Waals surface area contributed by atoms with Crippen molar-refractivity contribution in [1.82, 2.24) is 0 Å². The summed E-state index contributed by atoms with van der Waals surface area (Å²) in [5, 5.41) is 0.201. The Hall–Kier alpha value is -2.25. The smallest absolute Gasteiger partial charge is 0.343 e. The average molecular weight is 371 g/mol. The van der Waals surface area contributed by atoms with Crippen LogP contribution in [0.4, 0.5) is 0 Å². The number of ether oxygens (including phenoxy) is 2. The predicted octanol–water partition coefficient (Wildman–Crippen LogP) is 3.33. The molecule has 0 aliphatic carbocycles. The lowest BCUT2D eigenvalue weighted by atomic mass is 10.1. The average Bonchev–Trinajstić information content (AvgIpc) is 2.54. The molecule has 0 aliphatic rings. The molecule has 0 saturated heterocycles. The molecule has 2 aromatic rings. The van der Waals surface area contributed by atoms with Gasteiger partial charge in [0.2, 0.25) is 0 Å². The van der Waals surface area contributed by atoms with Crippen LogP contribution in [0.1, 0.15) is 17.3 Å². The van der Waals surface area contributed by atoms with Crippen LogP contribution in [0.2, 0.25) is 5.02 Å². The number of halogens is 1. The minimum Gasteiger partial charge on any atom is -0.495 e. The van der Waals surface area contributed by atoms with Crippen LogP contribution in [0.15, 0.2) is 41.3 Å². The van der Waals surface area contributed by atoms with E-state index < -0.39 is 10.1 Å². The largest absolute Gasteiger partial charge is 0.495 e. The second kappa shape index (κ2) is 7.11. The summed E-state index contributed by atoms with van der Waals surface area (Å²) in [6.07, 6.45) is 0. The van der Waals surface area contributed by atoms with Crippen molar-refractivity contribution in [1.29, 1.82) is 0 Å². The van der Waals surface area contributed by atoms with Crippen LogP contribution in [0.5, 0.6) is 17.2 Å². The first-order chi connectivity index (χ1) is 11.3. The Morgan fingerprint density at radius 3 is 2.29 bits per heavy atom. The summed E-state index contributed by atoms with van der Waals surface area (Å²) in [7, 11) is -1.55. The highest BCUT2D eigenvalue weighted by Crippen LogP contribution is 2.36. The number of hydrogen-bond donors (Lipinski definition) is 0. The number of methoxy groups -OCH3 is 2. The molecule has 0 spiro atoms. The highest BCUT2D eigenvalue weighted by atomic mass is 35.5. The van der Waals surface area contributed by atoms with Gasteiger partial charge in [-0.15, -0.1) is 0 Å². The third-order valence-corrected chi connectivity index (χ3v) is 4.72. The molecular formula is C16H15ClO6S. The maximum atomic E-state index is 12.6. The molecule has 128 valence electrons. The van der Waals surface area contributed by atoms with Gasteiger partial charge in [0.25, 0.3) is 0 Å². The van der Waals surface area contributed by atoms with E-state index in [-0.39, 0.29) is 32.9 Å². The van der Waals surface area contributed by atoms with Crippen LogP contribution in [0, 0.1) is 0 Å². The van der Waals surface area contributed by atoms with Crippen molar-refractivity contribution in [3.05, 3.63) is 47.0 Å². The second-order valence-electron chi connectivity index (χ2n) is 4.76. The van der Waals surface area contributed by atoms with E-state index >= 15 is 0 Å². The van der Waals surface area contributed by atoms with E-state index in [4.69, 9.17) is 25.3 Å². The van der Waals surface area contributed by atoms with Crippen molar-refractivity contribution >= 4 is 27.5 Å². The molecule has 8 heteroatoms. The van der Waals surface area contributed by atoms with Crippen LogP contribution >= 0.6 is 11.6 Å². The molecule has 0 unspecified atom stereocenters. The van der Waals surface area contributed by atoms with Gasteiger partial charge in [-0.05, 0) is 19.1 Å². The minimum atomic E-state index is -4.22. The molecule has 2 rings (SSSR count). The van der Waals surface area contributed by atoms with Crippen LogP contribution in [0.25, 0.3) is 0 Å². The Bertz CT molecular complexity index is 876. The van der Waals surface area contributed by atoms with E-state index in [0.29, 0.717) is 5.56 Å². The normalized spacial score (nSPS) is 11.0. The molecular weight excluding hydrogens is 356 g/mol. The van der Waals surface area contributed by atoms with Crippen molar-refractivity contribution < 1.29 is 26.9 Å². The zero-order valence-corrected chi connectivity index (χ0v) is 14.8. The summed E-state index contributed by atoms with van der Waals surface area (Å²) in [6, 6.07) is 8.41. The van der Waals surface area contributed by atoms with Crippen LogP contribution < -0.4 is 13.7 Å². The third kappa shape index (κ3) is 3.80. The molecule has 0 saturated carbocycles. The summed E-state index contributed by atoms with van der Waals surface area (Å²) in [4.78, 5) is 11.2. The summed E-state index contributed by atoms with van der Waals surface area (Å²) < 4.78 is 40.3. The van der Waals surface area contributed by atoms with E-state index in [2.05, 4.69) is 0 Å². The van der Waals surface area contributed by atoms with Gasteiger partial charge in [0.05, 0.1) is 19.2 Å². The molecule has 0 N–H and O–H groups in total. The van der Waals surface area contributed by atoms with Crippen molar-refractivity contribution in [2.45, 2.75) is 11.8 Å². The van der Waals surface area contributed by atoms with Gasteiger partial charge >= 0.3 is 10.1 Å². The van der Waals surface area contributed by atoms with Gasteiger partial charge < -0.3 is 13.7 Å². The first kappa shape index (κ1) is 18.1. The van der Waals surface area contributed by atoms with Gasteiger partial charge in [-0.25, -0.2) is 0 Å². The lowest BCUT2D eigenvalue weighted by molar-refractivity contribution is 0.101. The maximum Gasteiger partial charge on any atom is 0.343 e. The highest BCUT2D eigenvalue weighted by Gasteiger charge is 2.24. The van der Waals surface area contributed by atoms with E-state index in [1.807, 2.05) is 0 Å². The number of carbonyl (C=O) groups is 1. The summed E-state index contributed by atoms with van der Waals surface area (Å²) in [6.45, 7) is 1.38. The Balaban J connectivity index is 2.47. The van der Waals surface area contributed by atoms with Gasteiger partial charge in [-0.3, -0.25) is 4.79 Å². The van der Waals surface area contributed by atoms with Gasteiger partial charge in [-0.2, -0.15) is 8.42 Å². The molecule has 0 bridgehead atoms. The Morgan fingerprint density at radius 2 is 1.71 bits per heavy atom. The number of ketones is 1. The molecule has 0 amide bonds. The zero-order chi connectivity index (χ0) is 17.9. The Kier molecular flexibility index (Phi) is 5.36. The van der Waals surface area contributed by atoms with Crippen molar-refractivity contribution in [3.63, 3.8) is 0 Å². The molecule has 0 heterocycles. The number of benzene rings is 2. The number of Topliss-reactive ketones (excluding diaryl/α,β-unsaturated/α-hetero) is 1. The summed E-state index contributed by atoms with van der Waals surface area (Å²) in [5.41, 5.74) is 0.336. The topological polar surface area (TPSA) is 78.9 Å². The molecule has 0 radical (unpaired) electrons. The standard InChI is InChI=1S/C16H15ClO6S/c1-10(18)11-5-4-6-12(7-11)23-24(19,20)16-9-14(21-2)13(17)8-15(16)22-3/h4-9H,1-3H3. The first-order valence-electron chi connectivity index (χ1n) is 6.75. The molecule has 6 nitrogen and oxygen atoms in total. The highest BCUT2D eigenvalue weighted by molar-refractivity contribution is 7.87. The fourth-order valence-corrected chi connectivity index (χ4v) is 3.28. The lowest BCUT2D eigenvalue weighted by Crippen LogP contribution is -2.12. The van der Waals surface area contributed by atoms with Crippen molar-refractivity contribution in [2.75, 3.05) is 14.2 Å². The molecule has 0 atom stereocenters. The fourth-order valence-electron chi connectivity index (χ4n) is 1.97. The van der Waals surface area contributed by atoms with Gasteiger partial charge in [0.1, 0.15) is 17.2 Å². The predicted molar refractivity (Wildman–Crippen MR) is 88.8 cm³/mol. The number of rotatable bonds is 6. The molecule has 24 heavy (non-hydrogen) atoms. The molecule has 0 fully saturated rings. The second-order valence-corrected chi connectivity index (χ2v) is 6.68. The maximum absolute atomic E-state index is 12.6. The van der Waals surface area contributed by atoms with Gasteiger partial charge in [0, 0.05) is 17.7 Å². The SMILES string of the molecule is COc1cc(S(=O)(=O)Oc2cccc(C(C)=O)c2)c(OC)cc1Cl. The third-order valence-electron chi connectivity index (χ3n) is 3.15. The quantitative estimate of drug-likeness (QED) is 0.573. The summed E-state index contributed by atoms with van der Waals surface area (Å²) >= 11 is 5.97. The van der Waals surface area contributed by atoms with Gasteiger partial charge in [0.15, 0.2) is 10.7 Å². The van der Waals surface area contributed by atoms with Crippen LogP contribution in [0.3, 0.4) is 0 Å². The monoisotopic (exact) mass is 370 g/mol. The van der Waals surface area contributed by atoms with E-state index in [1.165, 1.54) is 51.5 Å². The van der Waals surface area contributed by atoms with Crippen LogP contribution in [-0.2, 0) is 10.1 Å². The van der Waals surface area contributed by atoms with Crippen molar-refractivity contribution in [3.8, 4) is 17.2 Å². The lowest BCUT2D eigenvalue weighted by Gasteiger charge is -2.13. The van der Waals surface area contributed by atoms with E-state index in [0.717, 1.165) is 0 Å². The zero-order valence-electron chi connectivity index (χ0n) is 13.2. The van der Waals surface area contributed by atoms with E-state index in [1.54, 1.807) is 6.07 Å². The van der Waals surface area contributed by atoms with Crippen LogP contribution in [-0.4, -0.2) is 28.4 Å². The van der Waals surface area contributed by atoms with E-state index in [9.17, 15) is 13.2 Å².